The Balaban J connectivity index is 1.66. The van der Waals surface area contributed by atoms with Crippen molar-refractivity contribution in [2.45, 2.75) is 0 Å². The molecule has 1 aromatic heterocycles. The molecule has 29 heavy (non-hydrogen) atoms. The van der Waals surface area contributed by atoms with Crippen LogP contribution in [0.3, 0.4) is 0 Å². The van der Waals surface area contributed by atoms with Gasteiger partial charge in [-0.2, -0.15) is 0 Å². The van der Waals surface area contributed by atoms with Crippen molar-refractivity contribution in [3.05, 3.63) is 83.9 Å². The molecule has 3 aromatic rings. The minimum atomic E-state index is -0.946. The number of nitrogens with zero attached hydrogens (tertiary/aromatic N) is 3. The van der Waals surface area contributed by atoms with Crippen molar-refractivity contribution in [3.63, 3.8) is 0 Å². The molecule has 1 N–H and O–H groups in total. The van der Waals surface area contributed by atoms with Crippen LogP contribution >= 0.6 is 0 Å². The Morgan fingerprint density at radius 1 is 0.931 bits per heavy atom. The average Bonchev–Trinajstić information content (AvgIpc) is 2.72. The SMILES string of the molecule is O=C1NC(=O)N(c2cccc(F)c2)C(=O)/C1=C\c1cnc(-c2ccccc2)nc1. The van der Waals surface area contributed by atoms with E-state index in [1.165, 1.54) is 36.7 Å². The molecule has 1 fully saturated rings. The first kappa shape index (κ1) is 18.2. The number of benzene rings is 2. The lowest BCUT2D eigenvalue weighted by atomic mass is 10.1. The molecule has 0 unspecified atom stereocenters. The van der Waals surface area contributed by atoms with E-state index in [9.17, 15) is 18.8 Å². The third-order valence-electron chi connectivity index (χ3n) is 4.18. The van der Waals surface area contributed by atoms with Crippen molar-refractivity contribution < 1.29 is 18.8 Å². The standard InChI is InChI=1S/C21H13FN4O3/c22-15-7-4-8-16(10-15)26-20(28)17(19(27)25-21(26)29)9-13-11-23-18(24-12-13)14-5-2-1-3-6-14/h1-12H,(H,25,27,29)/b17-9-. The maximum atomic E-state index is 13.5. The van der Waals surface area contributed by atoms with Crippen LogP contribution in [0.15, 0.2) is 72.6 Å². The number of carbonyl (C=O) groups excluding carboxylic acids is 3. The third-order valence-corrected chi connectivity index (χ3v) is 4.18. The summed E-state index contributed by atoms with van der Waals surface area (Å²) >= 11 is 0. The van der Waals surface area contributed by atoms with Crippen LogP contribution in [0.4, 0.5) is 14.9 Å². The number of imide groups is 2. The van der Waals surface area contributed by atoms with E-state index >= 15 is 0 Å². The number of rotatable bonds is 3. The average molecular weight is 388 g/mol. The fourth-order valence-corrected chi connectivity index (χ4v) is 2.82. The second-order valence-corrected chi connectivity index (χ2v) is 6.14. The Morgan fingerprint density at radius 3 is 2.34 bits per heavy atom. The fourth-order valence-electron chi connectivity index (χ4n) is 2.82. The highest BCUT2D eigenvalue weighted by molar-refractivity contribution is 6.39. The molecule has 4 amide bonds. The predicted molar refractivity (Wildman–Crippen MR) is 103 cm³/mol. The number of barbiturate groups is 1. The Labute approximate surface area is 164 Å². The van der Waals surface area contributed by atoms with Crippen LogP contribution in [-0.4, -0.2) is 27.8 Å². The maximum Gasteiger partial charge on any atom is 0.335 e. The number of hydrogen-bond acceptors (Lipinski definition) is 5. The van der Waals surface area contributed by atoms with Gasteiger partial charge in [0, 0.05) is 23.5 Å². The number of hydrogen-bond donors (Lipinski definition) is 1. The van der Waals surface area contributed by atoms with Crippen LogP contribution in [0, 0.1) is 5.82 Å². The van der Waals surface area contributed by atoms with Crippen LogP contribution in [0.25, 0.3) is 17.5 Å². The first-order valence-electron chi connectivity index (χ1n) is 8.57. The van der Waals surface area contributed by atoms with E-state index in [2.05, 4.69) is 15.3 Å². The Morgan fingerprint density at radius 2 is 1.66 bits per heavy atom. The van der Waals surface area contributed by atoms with Crippen molar-refractivity contribution in [2.24, 2.45) is 0 Å². The van der Waals surface area contributed by atoms with E-state index in [-0.39, 0.29) is 11.3 Å². The zero-order valence-electron chi connectivity index (χ0n) is 14.9. The molecule has 2 aromatic carbocycles. The summed E-state index contributed by atoms with van der Waals surface area (Å²) in [5.74, 6) is -1.84. The molecule has 8 heteroatoms. The molecule has 4 rings (SSSR count). The summed E-state index contributed by atoms with van der Waals surface area (Å²) in [6.45, 7) is 0. The molecule has 0 aliphatic carbocycles. The lowest BCUT2D eigenvalue weighted by Gasteiger charge is -2.26. The van der Waals surface area contributed by atoms with Crippen LogP contribution in [0.1, 0.15) is 5.56 Å². The van der Waals surface area contributed by atoms with Crippen molar-refractivity contribution in [3.8, 4) is 11.4 Å². The molecular weight excluding hydrogens is 375 g/mol. The maximum absolute atomic E-state index is 13.5. The number of carbonyl (C=O) groups is 3. The van der Waals surface area contributed by atoms with Gasteiger partial charge >= 0.3 is 6.03 Å². The zero-order valence-corrected chi connectivity index (χ0v) is 14.9. The summed E-state index contributed by atoms with van der Waals surface area (Å²) in [6.07, 6.45) is 4.21. The van der Waals surface area contributed by atoms with E-state index in [1.54, 1.807) is 0 Å². The molecular formula is C21H13FN4O3. The van der Waals surface area contributed by atoms with Crippen molar-refractivity contribution in [1.29, 1.82) is 0 Å². The third kappa shape index (κ3) is 3.63. The topological polar surface area (TPSA) is 92.3 Å². The predicted octanol–water partition coefficient (Wildman–Crippen LogP) is 2.95. The van der Waals surface area contributed by atoms with Gasteiger partial charge in [0.05, 0.1) is 5.69 Å². The summed E-state index contributed by atoms with van der Waals surface area (Å²) in [4.78, 5) is 46.3. The summed E-state index contributed by atoms with van der Waals surface area (Å²) < 4.78 is 13.5. The first-order chi connectivity index (χ1) is 14.0. The van der Waals surface area contributed by atoms with E-state index in [4.69, 9.17) is 0 Å². The second kappa shape index (κ2) is 7.43. The molecule has 142 valence electrons. The van der Waals surface area contributed by atoms with Gasteiger partial charge in [-0.05, 0) is 24.3 Å². The summed E-state index contributed by atoms with van der Waals surface area (Å²) in [6, 6.07) is 13.3. The first-order valence-corrected chi connectivity index (χ1v) is 8.57. The second-order valence-electron chi connectivity index (χ2n) is 6.14. The van der Waals surface area contributed by atoms with E-state index < -0.39 is 23.7 Å². The number of nitrogens with one attached hydrogen (secondary N) is 1. The van der Waals surface area contributed by atoms with Crippen molar-refractivity contribution in [1.82, 2.24) is 15.3 Å². The molecule has 2 heterocycles. The summed E-state index contributed by atoms with van der Waals surface area (Å²) in [5.41, 5.74) is 0.948. The van der Waals surface area contributed by atoms with Crippen molar-refractivity contribution in [2.75, 3.05) is 4.90 Å². The number of halogens is 1. The lowest BCUT2D eigenvalue weighted by Crippen LogP contribution is -2.54. The molecule has 1 aliphatic rings. The van der Waals surface area contributed by atoms with E-state index in [0.717, 1.165) is 11.6 Å². The van der Waals surface area contributed by atoms with Gasteiger partial charge in [-0.3, -0.25) is 14.9 Å². The minimum Gasteiger partial charge on any atom is -0.273 e. The lowest BCUT2D eigenvalue weighted by molar-refractivity contribution is -0.122. The Bertz CT molecular complexity index is 1140. The summed E-state index contributed by atoms with van der Waals surface area (Å²) in [7, 11) is 0. The molecule has 1 aliphatic heterocycles. The fraction of sp³-hybridized carbons (Fsp3) is 0. The molecule has 7 nitrogen and oxygen atoms in total. The van der Waals surface area contributed by atoms with Gasteiger partial charge in [0.25, 0.3) is 11.8 Å². The number of aromatic nitrogens is 2. The van der Waals surface area contributed by atoms with Crippen LogP contribution < -0.4 is 10.2 Å². The molecule has 1 saturated heterocycles. The quantitative estimate of drug-likeness (QED) is 0.550. The highest BCUT2D eigenvalue weighted by Gasteiger charge is 2.36. The van der Waals surface area contributed by atoms with Gasteiger partial charge in [0.15, 0.2) is 5.82 Å². The van der Waals surface area contributed by atoms with E-state index in [0.29, 0.717) is 16.3 Å². The van der Waals surface area contributed by atoms with Crippen molar-refractivity contribution >= 4 is 29.6 Å². The molecule has 0 spiro atoms. The Hall–Kier alpha value is -4.20. The van der Waals surface area contributed by atoms with Gasteiger partial charge in [0.2, 0.25) is 0 Å². The largest absolute Gasteiger partial charge is 0.335 e. The smallest absolute Gasteiger partial charge is 0.273 e. The molecule has 0 bridgehead atoms. The highest BCUT2D eigenvalue weighted by atomic mass is 19.1. The minimum absolute atomic E-state index is 0.0153. The van der Waals surface area contributed by atoms with Crippen LogP contribution in [0.5, 0.6) is 0 Å². The number of urea groups is 1. The van der Waals surface area contributed by atoms with Gasteiger partial charge in [-0.1, -0.05) is 36.4 Å². The van der Waals surface area contributed by atoms with Crippen LogP contribution in [0.2, 0.25) is 0 Å². The van der Waals surface area contributed by atoms with Gasteiger partial charge in [-0.15, -0.1) is 0 Å². The molecule has 0 atom stereocenters. The number of amides is 4. The number of anilines is 1. The zero-order chi connectivity index (χ0) is 20.4. The van der Waals surface area contributed by atoms with Crippen LogP contribution in [-0.2, 0) is 9.59 Å². The van der Waals surface area contributed by atoms with E-state index in [1.807, 2.05) is 30.3 Å². The van der Waals surface area contributed by atoms with Gasteiger partial charge in [-0.25, -0.2) is 24.1 Å². The normalized spacial score (nSPS) is 15.6. The van der Waals surface area contributed by atoms with Gasteiger partial charge in [0.1, 0.15) is 11.4 Å². The molecule has 0 saturated carbocycles. The highest BCUT2D eigenvalue weighted by Crippen LogP contribution is 2.22. The van der Waals surface area contributed by atoms with Gasteiger partial charge < -0.3 is 0 Å². The Kier molecular flexibility index (Phi) is 4.66. The monoisotopic (exact) mass is 388 g/mol. The molecule has 0 radical (unpaired) electrons. The summed E-state index contributed by atoms with van der Waals surface area (Å²) in [5, 5.41) is 2.08.